The molecule has 0 saturated carbocycles. The molecular formula is C24H27N5O2S. The number of aryl methyl sites for hydroxylation is 2. The topological polar surface area (TPSA) is 72.3 Å². The van der Waals surface area contributed by atoms with Gasteiger partial charge >= 0.3 is 0 Å². The zero-order valence-corrected chi connectivity index (χ0v) is 19.7. The van der Waals surface area contributed by atoms with Crippen molar-refractivity contribution in [3.63, 3.8) is 0 Å². The van der Waals surface area contributed by atoms with Crippen LogP contribution in [-0.4, -0.2) is 41.4 Å². The molecule has 4 rings (SSSR count). The van der Waals surface area contributed by atoms with Crippen LogP contribution in [0.3, 0.4) is 0 Å². The maximum Gasteiger partial charge on any atom is 0.240 e. The van der Waals surface area contributed by atoms with Crippen LogP contribution < -0.4 is 15.0 Å². The van der Waals surface area contributed by atoms with E-state index in [1.807, 2.05) is 66.9 Å². The maximum atomic E-state index is 12.7. The van der Waals surface area contributed by atoms with E-state index in [1.54, 1.807) is 18.4 Å². The number of benzene rings is 2. The molecule has 0 aliphatic heterocycles. The molecule has 0 aliphatic rings. The maximum absolute atomic E-state index is 12.7. The lowest BCUT2D eigenvalue weighted by atomic mass is 10.1. The Balaban J connectivity index is 1.48. The Morgan fingerprint density at radius 2 is 1.97 bits per heavy atom. The van der Waals surface area contributed by atoms with E-state index in [9.17, 15) is 4.79 Å². The smallest absolute Gasteiger partial charge is 0.240 e. The molecule has 0 radical (unpaired) electrons. The largest absolute Gasteiger partial charge is 0.497 e. The summed E-state index contributed by atoms with van der Waals surface area (Å²) in [5.41, 5.74) is 4.89. The highest BCUT2D eigenvalue weighted by atomic mass is 32.1. The van der Waals surface area contributed by atoms with E-state index in [0.29, 0.717) is 0 Å². The fourth-order valence-electron chi connectivity index (χ4n) is 3.52. The highest BCUT2D eigenvalue weighted by Gasteiger charge is 2.19. The summed E-state index contributed by atoms with van der Waals surface area (Å²) in [5.74, 6) is 0.701. The summed E-state index contributed by atoms with van der Waals surface area (Å²) in [6.07, 6.45) is 0. The predicted molar refractivity (Wildman–Crippen MR) is 129 cm³/mol. The molecule has 2 aromatic carbocycles. The molecule has 2 heterocycles. The number of nitrogens with one attached hydrogen (secondary N) is 1. The summed E-state index contributed by atoms with van der Waals surface area (Å²) in [6.45, 7) is 6.21. The van der Waals surface area contributed by atoms with Crippen molar-refractivity contribution >= 4 is 32.7 Å². The second-order valence-corrected chi connectivity index (χ2v) is 8.88. The number of aromatic nitrogens is 3. The number of amides is 1. The molecular weight excluding hydrogens is 422 g/mol. The van der Waals surface area contributed by atoms with Gasteiger partial charge in [0.25, 0.3) is 0 Å². The van der Waals surface area contributed by atoms with E-state index >= 15 is 0 Å². The van der Waals surface area contributed by atoms with Crippen LogP contribution in [0.1, 0.15) is 29.8 Å². The molecule has 0 fully saturated rings. The number of hydrogen-bond acceptors (Lipinski definition) is 6. The predicted octanol–water partition coefficient (Wildman–Crippen LogP) is 4.42. The second-order valence-electron chi connectivity index (χ2n) is 7.90. The number of ether oxygens (including phenoxy) is 1. The minimum absolute atomic E-state index is 0.0704. The monoisotopic (exact) mass is 449 g/mol. The van der Waals surface area contributed by atoms with E-state index in [-0.39, 0.29) is 18.5 Å². The van der Waals surface area contributed by atoms with Crippen LogP contribution in [0.25, 0.3) is 16.0 Å². The van der Waals surface area contributed by atoms with E-state index in [4.69, 9.17) is 9.72 Å². The van der Waals surface area contributed by atoms with Gasteiger partial charge in [0, 0.05) is 7.05 Å². The van der Waals surface area contributed by atoms with Gasteiger partial charge in [-0.15, -0.1) is 0 Å². The van der Waals surface area contributed by atoms with Crippen molar-refractivity contribution < 1.29 is 9.53 Å². The van der Waals surface area contributed by atoms with Gasteiger partial charge in [0.05, 0.1) is 35.8 Å². The lowest BCUT2D eigenvalue weighted by Crippen LogP contribution is -2.36. The Hall–Kier alpha value is -3.39. The quantitative estimate of drug-likeness (QED) is 0.452. The Morgan fingerprint density at radius 1 is 1.22 bits per heavy atom. The van der Waals surface area contributed by atoms with E-state index < -0.39 is 0 Å². The number of fused-ring (bicyclic) bond motifs is 1. The first-order valence-corrected chi connectivity index (χ1v) is 11.2. The number of rotatable bonds is 7. The number of methoxy groups -OCH3 is 1. The molecule has 7 nitrogen and oxygen atoms in total. The molecule has 0 unspecified atom stereocenters. The molecule has 0 saturated heterocycles. The summed E-state index contributed by atoms with van der Waals surface area (Å²) >= 11 is 1.55. The lowest BCUT2D eigenvalue weighted by Gasteiger charge is -2.19. The number of carbonyl (C=O) groups excluding carboxylic acids is 1. The summed E-state index contributed by atoms with van der Waals surface area (Å²) in [4.78, 5) is 19.3. The highest BCUT2D eigenvalue weighted by molar-refractivity contribution is 7.22. The number of anilines is 1. The average Bonchev–Trinajstić information content (AvgIpc) is 3.35. The zero-order valence-electron chi connectivity index (χ0n) is 18.9. The van der Waals surface area contributed by atoms with Crippen molar-refractivity contribution in [2.45, 2.75) is 26.8 Å². The zero-order chi connectivity index (χ0) is 22.8. The van der Waals surface area contributed by atoms with Gasteiger partial charge in [-0.3, -0.25) is 4.79 Å². The summed E-state index contributed by atoms with van der Waals surface area (Å²) in [7, 11) is 3.52. The van der Waals surface area contributed by atoms with Crippen LogP contribution in [0, 0.1) is 13.8 Å². The molecule has 0 bridgehead atoms. The molecule has 0 aliphatic carbocycles. The van der Waals surface area contributed by atoms with E-state index in [2.05, 4.69) is 29.5 Å². The third-order valence-electron chi connectivity index (χ3n) is 5.33. The van der Waals surface area contributed by atoms with Crippen LogP contribution in [0.4, 0.5) is 5.13 Å². The number of nitrogens with zero attached hydrogens (tertiary/aromatic N) is 4. The van der Waals surface area contributed by atoms with Crippen molar-refractivity contribution in [2.24, 2.45) is 0 Å². The number of thiazole rings is 1. The van der Waals surface area contributed by atoms with Gasteiger partial charge in [-0.2, -0.15) is 10.1 Å². The highest BCUT2D eigenvalue weighted by Crippen LogP contribution is 2.32. The molecule has 2 aromatic heterocycles. The molecule has 1 amide bonds. The molecule has 166 valence electrons. The summed E-state index contributed by atoms with van der Waals surface area (Å²) in [5, 5.41) is 8.49. The average molecular weight is 450 g/mol. The van der Waals surface area contributed by atoms with Crippen LogP contribution in [-0.2, 0) is 4.79 Å². The van der Waals surface area contributed by atoms with Gasteiger partial charge in [0.2, 0.25) is 5.91 Å². The normalized spacial score (nSPS) is 12.0. The SMILES string of the molecule is COc1cccc([C@@H](C)NC(=O)CN(C)c2nc3c(s2)c(C)nn3-c2ccc(C)cc2)c1. The fraction of sp³-hybridized carbons (Fsp3) is 0.292. The van der Waals surface area contributed by atoms with E-state index in [0.717, 1.165) is 38.2 Å². The van der Waals surface area contributed by atoms with Crippen molar-refractivity contribution in [3.05, 3.63) is 65.4 Å². The molecule has 0 spiro atoms. The first-order chi connectivity index (χ1) is 15.4. The van der Waals surface area contributed by atoms with Crippen LogP contribution in [0.2, 0.25) is 0 Å². The van der Waals surface area contributed by atoms with Crippen LogP contribution in [0.15, 0.2) is 48.5 Å². The second kappa shape index (κ2) is 9.00. The van der Waals surface area contributed by atoms with Gasteiger partial charge < -0.3 is 15.0 Å². The fourth-order valence-corrected chi connectivity index (χ4v) is 4.46. The molecule has 8 heteroatoms. The lowest BCUT2D eigenvalue weighted by molar-refractivity contribution is -0.120. The molecule has 1 atom stereocenters. The van der Waals surface area contributed by atoms with Crippen molar-refractivity contribution in [2.75, 3.05) is 25.6 Å². The van der Waals surface area contributed by atoms with E-state index in [1.165, 1.54) is 5.56 Å². The van der Waals surface area contributed by atoms with Crippen molar-refractivity contribution in [1.29, 1.82) is 0 Å². The minimum atomic E-state index is -0.126. The van der Waals surface area contributed by atoms with Crippen molar-refractivity contribution in [1.82, 2.24) is 20.1 Å². The summed E-state index contributed by atoms with van der Waals surface area (Å²) in [6, 6.07) is 15.8. The summed E-state index contributed by atoms with van der Waals surface area (Å²) < 4.78 is 8.17. The van der Waals surface area contributed by atoms with Crippen LogP contribution >= 0.6 is 11.3 Å². The molecule has 32 heavy (non-hydrogen) atoms. The van der Waals surface area contributed by atoms with Gasteiger partial charge in [-0.1, -0.05) is 41.2 Å². The first kappa shape index (κ1) is 21.8. The van der Waals surface area contributed by atoms with Crippen LogP contribution in [0.5, 0.6) is 5.75 Å². The Morgan fingerprint density at radius 3 is 2.69 bits per heavy atom. The Kier molecular flexibility index (Phi) is 6.14. The van der Waals surface area contributed by atoms with Gasteiger partial charge in [-0.05, 0) is 50.6 Å². The van der Waals surface area contributed by atoms with Gasteiger partial charge in [0.1, 0.15) is 5.75 Å². The Labute approximate surface area is 191 Å². The number of hydrogen-bond donors (Lipinski definition) is 1. The standard InChI is InChI=1S/C24H27N5O2S/c1-15-9-11-19(12-10-15)29-23-22(17(3)27-29)32-24(26-23)28(4)14-21(30)25-16(2)18-7-6-8-20(13-18)31-5/h6-13,16H,14H2,1-5H3,(H,25,30)/t16-/m1/s1. The number of likely N-dealkylation sites (N-methyl/N-ethyl adjacent to an activating group) is 1. The third-order valence-corrected chi connectivity index (χ3v) is 6.60. The van der Waals surface area contributed by atoms with Gasteiger partial charge in [0.15, 0.2) is 10.8 Å². The van der Waals surface area contributed by atoms with Gasteiger partial charge in [-0.25, -0.2) is 4.68 Å². The minimum Gasteiger partial charge on any atom is -0.497 e. The van der Waals surface area contributed by atoms with Crippen molar-refractivity contribution in [3.8, 4) is 11.4 Å². The molecule has 4 aromatic rings. The number of carbonyl (C=O) groups is 1. The molecule has 1 N–H and O–H groups in total. The Bertz CT molecular complexity index is 1250. The third kappa shape index (κ3) is 4.45. The first-order valence-electron chi connectivity index (χ1n) is 10.4.